The van der Waals surface area contributed by atoms with Crippen LogP contribution in [0.1, 0.15) is 58.8 Å². The fourth-order valence-electron chi connectivity index (χ4n) is 3.45. The zero-order valence-corrected chi connectivity index (χ0v) is 11.0. The molecule has 2 atom stereocenters. The van der Waals surface area contributed by atoms with Crippen molar-refractivity contribution in [2.45, 2.75) is 76.9 Å². The smallest absolute Gasteiger partial charge is 0.0125 e. The average molecular weight is 224 g/mol. The number of hydrogen-bond donors (Lipinski definition) is 1. The Hall–Kier alpha value is -0.0800. The number of unbranched alkanes of at least 4 members (excludes halogenated alkanes) is 1. The Morgan fingerprint density at radius 3 is 2.25 bits per heavy atom. The quantitative estimate of drug-likeness (QED) is 0.746. The lowest BCUT2D eigenvalue weighted by molar-refractivity contribution is 0.139. The van der Waals surface area contributed by atoms with Crippen molar-refractivity contribution in [3.05, 3.63) is 0 Å². The Labute approximate surface area is 101 Å². The normalized spacial score (nSPS) is 33.6. The van der Waals surface area contributed by atoms with E-state index in [0.717, 1.165) is 18.1 Å². The number of nitrogens with zero attached hydrogens (tertiary/aromatic N) is 1. The van der Waals surface area contributed by atoms with E-state index in [2.05, 4.69) is 24.1 Å². The maximum atomic E-state index is 3.75. The Kier molecular flexibility index (Phi) is 4.66. The maximum absolute atomic E-state index is 3.75. The zero-order chi connectivity index (χ0) is 11.4. The molecule has 94 valence electrons. The molecule has 0 saturated carbocycles. The molecule has 2 bridgehead atoms. The lowest BCUT2D eigenvalue weighted by Crippen LogP contribution is -2.48. The molecule has 0 amide bonds. The SMILES string of the molecule is CCCCN(CCC)C1CC2CCC(C1)N2. The molecule has 0 aromatic heterocycles. The first-order valence-corrected chi connectivity index (χ1v) is 7.33. The summed E-state index contributed by atoms with van der Waals surface area (Å²) in [5, 5.41) is 3.75. The van der Waals surface area contributed by atoms with E-state index in [1.54, 1.807) is 0 Å². The second-order valence-electron chi connectivity index (χ2n) is 5.65. The average Bonchev–Trinajstić information content (AvgIpc) is 2.63. The van der Waals surface area contributed by atoms with Gasteiger partial charge in [0.05, 0.1) is 0 Å². The van der Waals surface area contributed by atoms with Crippen molar-refractivity contribution in [3.63, 3.8) is 0 Å². The van der Waals surface area contributed by atoms with Gasteiger partial charge in [0.2, 0.25) is 0 Å². The summed E-state index contributed by atoms with van der Waals surface area (Å²) in [7, 11) is 0. The standard InChI is InChI=1S/C14H28N2/c1-3-5-9-16(8-4-2)14-10-12-6-7-13(11-14)15-12/h12-15H,3-11H2,1-2H3. The van der Waals surface area contributed by atoms with Crippen molar-refractivity contribution in [2.75, 3.05) is 13.1 Å². The predicted octanol–water partition coefficient (Wildman–Crippen LogP) is 2.78. The summed E-state index contributed by atoms with van der Waals surface area (Å²) in [5.41, 5.74) is 0. The van der Waals surface area contributed by atoms with Gasteiger partial charge < -0.3 is 10.2 Å². The first-order valence-electron chi connectivity index (χ1n) is 7.33. The molecular formula is C14H28N2. The summed E-state index contributed by atoms with van der Waals surface area (Å²) in [6, 6.07) is 2.56. The van der Waals surface area contributed by atoms with Gasteiger partial charge in [-0.25, -0.2) is 0 Å². The zero-order valence-electron chi connectivity index (χ0n) is 11.0. The molecule has 2 nitrogen and oxygen atoms in total. The fourth-order valence-corrected chi connectivity index (χ4v) is 3.45. The number of fused-ring (bicyclic) bond motifs is 2. The molecule has 2 unspecified atom stereocenters. The van der Waals surface area contributed by atoms with Crippen LogP contribution in [-0.4, -0.2) is 36.1 Å². The van der Waals surface area contributed by atoms with Gasteiger partial charge in [-0.1, -0.05) is 20.3 Å². The summed E-state index contributed by atoms with van der Waals surface area (Å²) in [6.07, 6.45) is 9.67. The predicted molar refractivity (Wildman–Crippen MR) is 69.7 cm³/mol. The number of rotatable bonds is 6. The summed E-state index contributed by atoms with van der Waals surface area (Å²) >= 11 is 0. The minimum absolute atomic E-state index is 0.838. The van der Waals surface area contributed by atoms with Crippen LogP contribution in [0.2, 0.25) is 0 Å². The molecular weight excluding hydrogens is 196 g/mol. The van der Waals surface area contributed by atoms with Crippen molar-refractivity contribution >= 4 is 0 Å². The van der Waals surface area contributed by atoms with Crippen LogP contribution in [0.15, 0.2) is 0 Å². The number of piperidine rings is 1. The molecule has 2 aliphatic rings. The number of hydrogen-bond acceptors (Lipinski definition) is 2. The third-order valence-corrected chi connectivity index (χ3v) is 4.27. The highest BCUT2D eigenvalue weighted by molar-refractivity contribution is 4.95. The second kappa shape index (κ2) is 6.02. The van der Waals surface area contributed by atoms with Crippen LogP contribution in [-0.2, 0) is 0 Å². The van der Waals surface area contributed by atoms with E-state index in [1.165, 1.54) is 58.0 Å². The van der Waals surface area contributed by atoms with Crippen molar-refractivity contribution in [2.24, 2.45) is 0 Å². The molecule has 1 N–H and O–H groups in total. The van der Waals surface area contributed by atoms with Gasteiger partial charge in [-0.15, -0.1) is 0 Å². The highest BCUT2D eigenvalue weighted by Gasteiger charge is 2.35. The second-order valence-corrected chi connectivity index (χ2v) is 5.65. The fraction of sp³-hybridized carbons (Fsp3) is 1.00. The van der Waals surface area contributed by atoms with Crippen LogP contribution in [0, 0.1) is 0 Å². The molecule has 16 heavy (non-hydrogen) atoms. The van der Waals surface area contributed by atoms with Gasteiger partial charge >= 0.3 is 0 Å². The summed E-state index contributed by atoms with van der Waals surface area (Å²) in [5.74, 6) is 0. The molecule has 2 rings (SSSR count). The van der Waals surface area contributed by atoms with E-state index in [9.17, 15) is 0 Å². The summed E-state index contributed by atoms with van der Waals surface area (Å²) in [4.78, 5) is 2.77. The minimum Gasteiger partial charge on any atom is -0.311 e. The molecule has 2 heterocycles. The van der Waals surface area contributed by atoms with E-state index < -0.39 is 0 Å². The summed E-state index contributed by atoms with van der Waals surface area (Å²) < 4.78 is 0. The van der Waals surface area contributed by atoms with Crippen molar-refractivity contribution < 1.29 is 0 Å². The van der Waals surface area contributed by atoms with E-state index in [0.29, 0.717) is 0 Å². The highest BCUT2D eigenvalue weighted by atomic mass is 15.2. The molecule has 0 aliphatic carbocycles. The third kappa shape index (κ3) is 2.98. The molecule has 0 aromatic carbocycles. The van der Waals surface area contributed by atoms with Crippen LogP contribution < -0.4 is 5.32 Å². The van der Waals surface area contributed by atoms with E-state index >= 15 is 0 Å². The monoisotopic (exact) mass is 224 g/mol. The third-order valence-electron chi connectivity index (χ3n) is 4.27. The molecule has 2 heteroatoms. The Bertz CT molecular complexity index is 193. The van der Waals surface area contributed by atoms with E-state index in [-0.39, 0.29) is 0 Å². The summed E-state index contributed by atoms with van der Waals surface area (Å²) in [6.45, 7) is 7.25. The number of nitrogens with one attached hydrogen (secondary N) is 1. The van der Waals surface area contributed by atoms with Crippen LogP contribution in [0.25, 0.3) is 0 Å². The minimum atomic E-state index is 0.838. The van der Waals surface area contributed by atoms with Crippen LogP contribution >= 0.6 is 0 Å². The van der Waals surface area contributed by atoms with Gasteiger partial charge in [0.15, 0.2) is 0 Å². The van der Waals surface area contributed by atoms with Gasteiger partial charge in [0, 0.05) is 18.1 Å². The van der Waals surface area contributed by atoms with Gasteiger partial charge in [-0.3, -0.25) is 0 Å². The Balaban J connectivity index is 1.86. The molecule has 2 aliphatic heterocycles. The lowest BCUT2D eigenvalue weighted by Gasteiger charge is -2.37. The van der Waals surface area contributed by atoms with Crippen molar-refractivity contribution in [3.8, 4) is 0 Å². The van der Waals surface area contributed by atoms with Gasteiger partial charge in [0.1, 0.15) is 0 Å². The molecule has 2 fully saturated rings. The van der Waals surface area contributed by atoms with E-state index in [1.807, 2.05) is 0 Å². The molecule has 2 saturated heterocycles. The first-order chi connectivity index (χ1) is 7.83. The topological polar surface area (TPSA) is 15.3 Å². The van der Waals surface area contributed by atoms with Gasteiger partial charge in [-0.05, 0) is 51.6 Å². The first kappa shape index (κ1) is 12.4. The van der Waals surface area contributed by atoms with Crippen LogP contribution in [0.5, 0.6) is 0 Å². The van der Waals surface area contributed by atoms with Crippen LogP contribution in [0.4, 0.5) is 0 Å². The highest BCUT2D eigenvalue weighted by Crippen LogP contribution is 2.29. The Morgan fingerprint density at radius 2 is 1.69 bits per heavy atom. The Morgan fingerprint density at radius 1 is 1.00 bits per heavy atom. The van der Waals surface area contributed by atoms with Crippen molar-refractivity contribution in [1.82, 2.24) is 10.2 Å². The van der Waals surface area contributed by atoms with Crippen molar-refractivity contribution in [1.29, 1.82) is 0 Å². The van der Waals surface area contributed by atoms with Gasteiger partial charge in [0.25, 0.3) is 0 Å². The maximum Gasteiger partial charge on any atom is 0.0125 e. The molecule has 0 aromatic rings. The largest absolute Gasteiger partial charge is 0.311 e. The molecule has 0 radical (unpaired) electrons. The lowest BCUT2D eigenvalue weighted by atomic mass is 9.97. The van der Waals surface area contributed by atoms with Crippen LogP contribution in [0.3, 0.4) is 0 Å². The van der Waals surface area contributed by atoms with E-state index in [4.69, 9.17) is 0 Å². The molecule has 0 spiro atoms. The van der Waals surface area contributed by atoms with Gasteiger partial charge in [-0.2, -0.15) is 0 Å².